The van der Waals surface area contributed by atoms with Gasteiger partial charge in [0.25, 0.3) is 11.5 Å². The summed E-state index contributed by atoms with van der Waals surface area (Å²) in [7, 11) is 1.60. The lowest BCUT2D eigenvalue weighted by molar-refractivity contribution is 0.0967. The number of hydrogen-bond acceptors (Lipinski definition) is 8. The highest BCUT2D eigenvalue weighted by Crippen LogP contribution is 2.33. The monoisotopic (exact) mass is 519 g/mol. The number of thiophene rings is 1. The number of fused-ring (bicyclic) bond motifs is 1. The van der Waals surface area contributed by atoms with Crippen LogP contribution in [0.2, 0.25) is 5.02 Å². The van der Waals surface area contributed by atoms with Crippen LogP contribution in [0.1, 0.15) is 33.8 Å². The van der Waals surface area contributed by atoms with Gasteiger partial charge >= 0.3 is 0 Å². The van der Waals surface area contributed by atoms with Gasteiger partial charge in [0.05, 0.1) is 34.2 Å². The average Bonchev–Trinajstić information content (AvgIpc) is 3.68. The van der Waals surface area contributed by atoms with Crippen molar-refractivity contribution < 1.29 is 4.79 Å². The molecule has 0 aliphatic carbocycles. The van der Waals surface area contributed by atoms with Crippen LogP contribution in [0.4, 0.5) is 0 Å². The molecule has 0 unspecified atom stereocenters. The first-order valence-electron chi connectivity index (χ1n) is 11.0. The molecule has 1 aromatic carbocycles. The van der Waals surface area contributed by atoms with E-state index in [4.69, 9.17) is 16.6 Å². The summed E-state index contributed by atoms with van der Waals surface area (Å²) in [6.45, 7) is 0. The number of benzene rings is 1. The van der Waals surface area contributed by atoms with E-state index in [2.05, 4.69) is 30.8 Å². The summed E-state index contributed by atoms with van der Waals surface area (Å²) in [6.07, 6.45) is 4.49. The van der Waals surface area contributed by atoms with Crippen molar-refractivity contribution in [2.45, 2.75) is 18.9 Å². The first-order valence-corrected chi connectivity index (χ1v) is 12.3. The number of aryl methyl sites for hydroxylation is 1. The number of carbonyl (C=O) groups excluding carboxylic acids is 1. The van der Waals surface area contributed by atoms with Crippen LogP contribution in [0.3, 0.4) is 0 Å². The number of nitrogens with zero attached hydrogens (tertiary/aromatic N) is 7. The number of imidazole rings is 1. The molecule has 0 saturated carbocycles. The Morgan fingerprint density at radius 1 is 1.28 bits per heavy atom. The maximum absolute atomic E-state index is 13.3. The minimum atomic E-state index is -0.266. The van der Waals surface area contributed by atoms with Crippen LogP contribution in [-0.4, -0.2) is 52.7 Å². The van der Waals surface area contributed by atoms with Gasteiger partial charge in [-0.3, -0.25) is 14.2 Å². The largest absolute Gasteiger partial charge is 0.354 e. The zero-order valence-corrected chi connectivity index (χ0v) is 20.4. The fraction of sp³-hybridized carbons (Fsp3) is 0.174. The second-order valence-corrected chi connectivity index (χ2v) is 9.54. The number of aromatic amines is 1. The van der Waals surface area contributed by atoms with Crippen LogP contribution < -0.4 is 10.9 Å². The Labute approximate surface area is 212 Å². The summed E-state index contributed by atoms with van der Waals surface area (Å²) in [4.78, 5) is 38.5. The summed E-state index contributed by atoms with van der Waals surface area (Å²) in [5, 5.41) is 16.4. The van der Waals surface area contributed by atoms with Crippen LogP contribution in [-0.2, 0) is 6.42 Å². The van der Waals surface area contributed by atoms with Crippen molar-refractivity contribution in [2.24, 2.45) is 0 Å². The lowest BCUT2D eigenvalue weighted by Gasteiger charge is -2.14. The summed E-state index contributed by atoms with van der Waals surface area (Å²) >= 11 is 7.62. The fourth-order valence-corrected chi connectivity index (χ4v) is 5.42. The van der Waals surface area contributed by atoms with Crippen LogP contribution in [0.25, 0.3) is 28.2 Å². The Hall–Kier alpha value is -4.16. The van der Waals surface area contributed by atoms with Gasteiger partial charge in [-0.15, -0.1) is 16.4 Å². The van der Waals surface area contributed by atoms with E-state index in [-0.39, 0.29) is 17.5 Å². The van der Waals surface area contributed by atoms with E-state index in [0.717, 1.165) is 11.3 Å². The van der Waals surface area contributed by atoms with Crippen molar-refractivity contribution in [3.05, 3.63) is 80.1 Å². The van der Waals surface area contributed by atoms with E-state index in [1.807, 2.05) is 11.4 Å². The van der Waals surface area contributed by atoms with E-state index < -0.39 is 0 Å². The molecule has 5 aromatic rings. The Kier molecular flexibility index (Phi) is 5.46. The van der Waals surface area contributed by atoms with E-state index in [1.165, 1.54) is 28.4 Å². The van der Waals surface area contributed by atoms with Crippen molar-refractivity contribution in [1.29, 1.82) is 0 Å². The number of carbonyl (C=O) groups is 1. The molecule has 0 spiro atoms. The lowest BCUT2D eigenvalue weighted by Crippen LogP contribution is -2.25. The normalized spacial score (nSPS) is 14.7. The van der Waals surface area contributed by atoms with Crippen molar-refractivity contribution in [3.63, 3.8) is 0 Å². The Morgan fingerprint density at radius 3 is 2.97 bits per heavy atom. The van der Waals surface area contributed by atoms with Gasteiger partial charge in [-0.1, -0.05) is 11.6 Å². The third kappa shape index (κ3) is 3.80. The molecule has 36 heavy (non-hydrogen) atoms. The van der Waals surface area contributed by atoms with Gasteiger partial charge in [-0.05, 0) is 41.1 Å². The molecule has 1 amide bonds. The maximum Gasteiger partial charge on any atom is 0.261 e. The van der Waals surface area contributed by atoms with Crippen molar-refractivity contribution >= 4 is 28.8 Å². The first kappa shape index (κ1) is 22.3. The molecule has 0 radical (unpaired) electrons. The number of amides is 1. The van der Waals surface area contributed by atoms with Crippen LogP contribution in [0.15, 0.2) is 53.0 Å². The number of tetrazole rings is 1. The second-order valence-electron chi connectivity index (χ2n) is 8.20. The van der Waals surface area contributed by atoms with Gasteiger partial charge in [0.15, 0.2) is 0 Å². The quantitative estimate of drug-likeness (QED) is 0.364. The molecule has 5 heterocycles. The first-order chi connectivity index (χ1) is 17.5. The smallest absolute Gasteiger partial charge is 0.261 e. The lowest BCUT2D eigenvalue weighted by atomic mass is 10.1. The second kappa shape index (κ2) is 8.81. The minimum absolute atomic E-state index is 0.132. The zero-order valence-electron chi connectivity index (χ0n) is 18.8. The number of rotatable bonds is 5. The molecule has 180 valence electrons. The van der Waals surface area contributed by atoms with Gasteiger partial charge in [0.2, 0.25) is 0 Å². The molecule has 2 N–H and O–H groups in total. The molecule has 0 saturated heterocycles. The maximum atomic E-state index is 13.3. The predicted molar refractivity (Wildman–Crippen MR) is 133 cm³/mol. The molecule has 4 aromatic heterocycles. The number of halogens is 1. The molecule has 0 fully saturated rings. The molecule has 0 bridgehead atoms. The van der Waals surface area contributed by atoms with Crippen molar-refractivity contribution in [1.82, 2.24) is 45.0 Å². The highest BCUT2D eigenvalue weighted by Gasteiger charge is 2.29. The van der Waals surface area contributed by atoms with Gasteiger partial charge in [0.1, 0.15) is 18.0 Å². The van der Waals surface area contributed by atoms with E-state index in [1.54, 1.807) is 36.0 Å². The number of aromatic nitrogens is 8. The van der Waals surface area contributed by atoms with E-state index >= 15 is 0 Å². The minimum Gasteiger partial charge on any atom is -0.354 e. The number of hydrogen-bond donors (Lipinski definition) is 2. The standard InChI is InChI=1S/C23H18ClN9O2S/c1-25-23(35)19-6-12(10-36-19)16-9-26-22(29-16)18-4-5-20-28-15(8-21(34)33(18)20)14-7-13(24)2-3-17(14)32-11-27-30-31-32/h2-3,6-11,18H,4-5H2,1H3,(H,25,35)(H,26,29)/t18-/m0/s1. The van der Waals surface area contributed by atoms with Crippen molar-refractivity contribution in [2.75, 3.05) is 7.05 Å². The van der Waals surface area contributed by atoms with Gasteiger partial charge in [0, 0.05) is 41.1 Å². The molecule has 13 heteroatoms. The summed E-state index contributed by atoms with van der Waals surface area (Å²) in [5.74, 6) is 1.21. The summed E-state index contributed by atoms with van der Waals surface area (Å²) in [5.41, 5.74) is 3.29. The molecular weight excluding hydrogens is 502 g/mol. The zero-order chi connectivity index (χ0) is 24.8. The van der Waals surface area contributed by atoms with Gasteiger partial charge in [-0.2, -0.15) is 4.68 Å². The van der Waals surface area contributed by atoms with E-state index in [9.17, 15) is 9.59 Å². The summed E-state index contributed by atoms with van der Waals surface area (Å²) in [6, 6.07) is 8.32. The Morgan fingerprint density at radius 2 is 2.17 bits per heavy atom. The number of H-pyrrole nitrogens is 1. The molecule has 1 aliphatic rings. The van der Waals surface area contributed by atoms with E-state index in [0.29, 0.717) is 51.3 Å². The Balaban J connectivity index is 1.35. The molecule has 1 aliphatic heterocycles. The average molecular weight is 520 g/mol. The van der Waals surface area contributed by atoms with Crippen LogP contribution >= 0.6 is 22.9 Å². The highest BCUT2D eigenvalue weighted by molar-refractivity contribution is 7.12. The molecule has 6 rings (SSSR count). The molecular formula is C23H18ClN9O2S. The van der Waals surface area contributed by atoms with Crippen LogP contribution in [0.5, 0.6) is 0 Å². The van der Waals surface area contributed by atoms with Crippen LogP contribution in [0, 0.1) is 0 Å². The topological polar surface area (TPSA) is 136 Å². The SMILES string of the molecule is CNC(=O)c1cc(-c2cnc([C@@H]3CCc4nc(-c5cc(Cl)ccc5-n5cnnn5)cc(=O)n43)[nH]2)cs1. The third-order valence-electron chi connectivity index (χ3n) is 6.08. The highest BCUT2D eigenvalue weighted by atomic mass is 35.5. The predicted octanol–water partition coefficient (Wildman–Crippen LogP) is 2.89. The third-order valence-corrected chi connectivity index (χ3v) is 7.25. The van der Waals surface area contributed by atoms with Gasteiger partial charge < -0.3 is 10.3 Å². The van der Waals surface area contributed by atoms with Gasteiger partial charge in [-0.25, -0.2) is 9.97 Å². The summed E-state index contributed by atoms with van der Waals surface area (Å²) < 4.78 is 3.18. The van der Waals surface area contributed by atoms with Crippen molar-refractivity contribution in [3.8, 4) is 28.2 Å². The molecule has 11 nitrogen and oxygen atoms in total. The molecule has 1 atom stereocenters. The fourth-order valence-electron chi connectivity index (χ4n) is 4.40. The number of nitrogens with one attached hydrogen (secondary N) is 2. The Bertz CT molecular complexity index is 1650.